The van der Waals surface area contributed by atoms with Crippen LogP contribution in [0, 0.1) is 0 Å². The molecular formula is C12H14F3NO3. The molecule has 0 aliphatic carbocycles. The number of carbonyl (C=O) groups is 1. The highest BCUT2D eigenvalue weighted by Gasteiger charge is 2.30. The van der Waals surface area contributed by atoms with Gasteiger partial charge in [-0.2, -0.15) is 13.2 Å². The highest BCUT2D eigenvalue weighted by atomic mass is 19.4. The molecule has 1 amide bonds. The van der Waals surface area contributed by atoms with Crippen molar-refractivity contribution in [2.75, 3.05) is 0 Å². The summed E-state index contributed by atoms with van der Waals surface area (Å²) < 4.78 is 37.1. The first-order valence-electron chi connectivity index (χ1n) is 5.54. The summed E-state index contributed by atoms with van der Waals surface area (Å²) in [5.41, 5.74) is -0.260. The number of hydrogen-bond donors (Lipinski definition) is 3. The monoisotopic (exact) mass is 277 g/mol. The molecule has 0 saturated carbocycles. The van der Waals surface area contributed by atoms with Crippen LogP contribution in [0.15, 0.2) is 24.3 Å². The van der Waals surface area contributed by atoms with Crippen molar-refractivity contribution < 1.29 is 28.2 Å². The molecule has 0 aromatic heterocycles. The highest BCUT2D eigenvalue weighted by molar-refractivity contribution is 5.65. The van der Waals surface area contributed by atoms with Gasteiger partial charge in [-0.3, -0.25) is 0 Å². The Labute approximate surface area is 107 Å². The predicted octanol–water partition coefficient (Wildman–Crippen LogP) is 2.26. The molecule has 1 aromatic carbocycles. The van der Waals surface area contributed by atoms with Crippen LogP contribution in [0.5, 0.6) is 0 Å². The van der Waals surface area contributed by atoms with Crippen LogP contribution in [-0.2, 0) is 12.6 Å². The van der Waals surface area contributed by atoms with E-state index < -0.39 is 30.0 Å². The smallest absolute Gasteiger partial charge is 0.416 e. The summed E-state index contributed by atoms with van der Waals surface area (Å²) in [5, 5.41) is 20.1. The molecule has 19 heavy (non-hydrogen) atoms. The quantitative estimate of drug-likeness (QED) is 0.790. The number of halogens is 3. The first kappa shape index (κ1) is 15.3. The van der Waals surface area contributed by atoms with Gasteiger partial charge in [-0.1, -0.05) is 12.1 Å². The fourth-order valence-corrected chi connectivity index (χ4v) is 1.58. The molecule has 0 aliphatic rings. The fourth-order valence-electron chi connectivity index (χ4n) is 1.58. The number of alkyl halides is 3. The maximum atomic E-state index is 12.4. The summed E-state index contributed by atoms with van der Waals surface area (Å²) in [6, 6.07) is 3.61. The lowest BCUT2D eigenvalue weighted by molar-refractivity contribution is -0.137. The number of amides is 1. The third-order valence-electron chi connectivity index (χ3n) is 2.63. The Morgan fingerprint density at radius 1 is 1.32 bits per heavy atom. The molecule has 2 atom stereocenters. The zero-order valence-electron chi connectivity index (χ0n) is 10.1. The second kappa shape index (κ2) is 5.92. The van der Waals surface area contributed by atoms with Crippen molar-refractivity contribution in [3.8, 4) is 0 Å². The number of aliphatic hydroxyl groups is 1. The molecule has 0 fully saturated rings. The summed E-state index contributed by atoms with van der Waals surface area (Å²) in [5.74, 6) is 0. The molecule has 0 aliphatic heterocycles. The van der Waals surface area contributed by atoms with Crippen LogP contribution in [0.2, 0.25) is 0 Å². The van der Waals surface area contributed by atoms with E-state index in [9.17, 15) is 23.1 Å². The molecule has 1 aromatic rings. The van der Waals surface area contributed by atoms with Crippen LogP contribution in [0.25, 0.3) is 0 Å². The van der Waals surface area contributed by atoms with Gasteiger partial charge in [0, 0.05) is 0 Å². The summed E-state index contributed by atoms with van der Waals surface area (Å²) >= 11 is 0. The minimum Gasteiger partial charge on any atom is -0.465 e. The first-order valence-corrected chi connectivity index (χ1v) is 5.54. The van der Waals surface area contributed by atoms with Crippen LogP contribution in [0.4, 0.5) is 18.0 Å². The van der Waals surface area contributed by atoms with Gasteiger partial charge in [0.05, 0.1) is 17.7 Å². The predicted molar refractivity (Wildman–Crippen MR) is 61.8 cm³/mol. The maximum absolute atomic E-state index is 12.4. The van der Waals surface area contributed by atoms with Crippen LogP contribution in [0.1, 0.15) is 18.1 Å². The Kier molecular flexibility index (Phi) is 4.77. The van der Waals surface area contributed by atoms with Gasteiger partial charge in [0.2, 0.25) is 0 Å². The molecule has 106 valence electrons. The van der Waals surface area contributed by atoms with E-state index >= 15 is 0 Å². The van der Waals surface area contributed by atoms with Gasteiger partial charge in [-0.25, -0.2) is 4.79 Å². The molecule has 4 nitrogen and oxygen atoms in total. The zero-order valence-corrected chi connectivity index (χ0v) is 10.1. The average Bonchev–Trinajstić information content (AvgIpc) is 2.27. The second-order valence-electron chi connectivity index (χ2n) is 4.20. The van der Waals surface area contributed by atoms with E-state index in [0.717, 1.165) is 12.1 Å². The third-order valence-corrected chi connectivity index (χ3v) is 2.63. The van der Waals surface area contributed by atoms with Gasteiger partial charge in [0.25, 0.3) is 0 Å². The zero-order chi connectivity index (χ0) is 14.6. The Morgan fingerprint density at radius 3 is 2.21 bits per heavy atom. The molecule has 0 bridgehead atoms. The first-order chi connectivity index (χ1) is 8.70. The van der Waals surface area contributed by atoms with Crippen LogP contribution in [-0.4, -0.2) is 28.5 Å². The van der Waals surface area contributed by atoms with Gasteiger partial charge in [-0.15, -0.1) is 0 Å². The summed E-state index contributed by atoms with van der Waals surface area (Å²) in [6.07, 6.45) is -6.53. The standard InChI is InChI=1S/C12H14F3NO3/c1-7(17)10(16-11(18)19)6-8-2-4-9(5-3-8)12(13,14)15/h2-5,7,10,16-17H,6H2,1H3,(H,18,19)/t7-,10+/m1/s1. The van der Waals surface area contributed by atoms with Gasteiger partial charge >= 0.3 is 12.3 Å². The normalized spacial score (nSPS) is 14.8. The van der Waals surface area contributed by atoms with Crippen molar-refractivity contribution in [1.82, 2.24) is 5.32 Å². The van der Waals surface area contributed by atoms with E-state index in [4.69, 9.17) is 5.11 Å². The SMILES string of the molecule is C[C@@H](O)[C@H](Cc1ccc(C(F)(F)F)cc1)NC(=O)O. The summed E-state index contributed by atoms with van der Waals surface area (Å²) in [4.78, 5) is 10.5. The minimum atomic E-state index is -4.40. The Hall–Kier alpha value is -1.76. The second-order valence-corrected chi connectivity index (χ2v) is 4.20. The van der Waals surface area contributed by atoms with Gasteiger partial charge in [-0.05, 0) is 31.0 Å². The molecule has 7 heteroatoms. The van der Waals surface area contributed by atoms with Crippen LogP contribution < -0.4 is 5.32 Å². The van der Waals surface area contributed by atoms with Crippen molar-refractivity contribution >= 4 is 6.09 Å². The molecule has 0 spiro atoms. The van der Waals surface area contributed by atoms with E-state index in [-0.39, 0.29) is 6.42 Å². The molecule has 0 heterocycles. The lowest BCUT2D eigenvalue weighted by Crippen LogP contribution is -2.42. The van der Waals surface area contributed by atoms with E-state index in [0.29, 0.717) is 5.56 Å². The number of aliphatic hydroxyl groups excluding tert-OH is 1. The molecule has 3 N–H and O–H groups in total. The Bertz CT molecular complexity index is 429. The van der Waals surface area contributed by atoms with E-state index in [2.05, 4.69) is 5.32 Å². The molecule has 0 saturated heterocycles. The van der Waals surface area contributed by atoms with Crippen molar-refractivity contribution in [2.45, 2.75) is 31.7 Å². The Morgan fingerprint density at radius 2 is 1.84 bits per heavy atom. The third kappa shape index (κ3) is 4.78. The van der Waals surface area contributed by atoms with E-state index in [1.165, 1.54) is 19.1 Å². The topological polar surface area (TPSA) is 69.6 Å². The van der Waals surface area contributed by atoms with Gasteiger partial charge < -0.3 is 15.5 Å². The number of benzene rings is 1. The van der Waals surface area contributed by atoms with Gasteiger partial charge in [0.15, 0.2) is 0 Å². The lowest BCUT2D eigenvalue weighted by atomic mass is 10.0. The minimum absolute atomic E-state index is 0.113. The average molecular weight is 277 g/mol. The molecular weight excluding hydrogens is 263 g/mol. The lowest BCUT2D eigenvalue weighted by Gasteiger charge is -2.20. The largest absolute Gasteiger partial charge is 0.465 e. The van der Waals surface area contributed by atoms with Crippen LogP contribution in [0.3, 0.4) is 0 Å². The number of carboxylic acid groups (broad SMARTS) is 1. The van der Waals surface area contributed by atoms with E-state index in [1.54, 1.807) is 0 Å². The van der Waals surface area contributed by atoms with Gasteiger partial charge in [0.1, 0.15) is 0 Å². The maximum Gasteiger partial charge on any atom is 0.416 e. The van der Waals surface area contributed by atoms with Crippen molar-refractivity contribution in [3.63, 3.8) is 0 Å². The number of hydrogen-bond acceptors (Lipinski definition) is 2. The molecule has 0 radical (unpaired) electrons. The van der Waals surface area contributed by atoms with Crippen molar-refractivity contribution in [3.05, 3.63) is 35.4 Å². The number of nitrogens with one attached hydrogen (secondary N) is 1. The summed E-state index contributed by atoms with van der Waals surface area (Å²) in [7, 11) is 0. The van der Waals surface area contributed by atoms with E-state index in [1.807, 2.05) is 0 Å². The van der Waals surface area contributed by atoms with Crippen molar-refractivity contribution in [2.24, 2.45) is 0 Å². The van der Waals surface area contributed by atoms with Crippen LogP contribution >= 0.6 is 0 Å². The Balaban J connectivity index is 2.78. The van der Waals surface area contributed by atoms with Crippen molar-refractivity contribution in [1.29, 1.82) is 0 Å². The fraction of sp³-hybridized carbons (Fsp3) is 0.417. The molecule has 1 rings (SSSR count). The highest BCUT2D eigenvalue weighted by Crippen LogP contribution is 2.29. The molecule has 0 unspecified atom stereocenters. The summed E-state index contributed by atoms with van der Waals surface area (Å²) in [6.45, 7) is 1.41. The number of rotatable bonds is 4.